The molecule has 0 atom stereocenters. The van der Waals surface area contributed by atoms with E-state index in [2.05, 4.69) is 5.32 Å². The molecule has 2 fully saturated rings. The molecule has 1 spiro atoms. The number of nitrogens with two attached hydrogens (primary N) is 1. The predicted molar refractivity (Wildman–Crippen MR) is 46.5 cm³/mol. The van der Waals surface area contributed by atoms with E-state index in [1.54, 1.807) is 0 Å². The minimum atomic E-state index is 0.227. The van der Waals surface area contributed by atoms with Crippen molar-refractivity contribution >= 4 is 5.91 Å². The van der Waals surface area contributed by atoms with Gasteiger partial charge in [0, 0.05) is 19.0 Å². The Balaban J connectivity index is 1.99. The van der Waals surface area contributed by atoms with Crippen molar-refractivity contribution in [3.8, 4) is 0 Å². The first kappa shape index (κ1) is 8.05. The van der Waals surface area contributed by atoms with Crippen LogP contribution in [0.5, 0.6) is 0 Å². The normalized spacial score (nSPS) is 41.8. The summed E-state index contributed by atoms with van der Waals surface area (Å²) in [6, 6.07) is 0.381. The van der Waals surface area contributed by atoms with Crippen molar-refractivity contribution in [2.45, 2.75) is 38.1 Å². The fourth-order valence-electron chi connectivity index (χ4n) is 2.36. The average molecular weight is 168 g/mol. The molecule has 0 radical (unpaired) electrons. The summed E-state index contributed by atoms with van der Waals surface area (Å²) in [6.07, 6.45) is 5.18. The molecular weight excluding hydrogens is 152 g/mol. The van der Waals surface area contributed by atoms with E-state index >= 15 is 0 Å². The van der Waals surface area contributed by atoms with E-state index in [1.165, 1.54) is 0 Å². The van der Waals surface area contributed by atoms with Gasteiger partial charge in [-0.15, -0.1) is 0 Å². The van der Waals surface area contributed by atoms with Crippen LogP contribution < -0.4 is 11.1 Å². The summed E-state index contributed by atoms with van der Waals surface area (Å²) in [7, 11) is 0. The maximum atomic E-state index is 11.1. The van der Waals surface area contributed by atoms with E-state index in [4.69, 9.17) is 5.73 Å². The van der Waals surface area contributed by atoms with Crippen molar-refractivity contribution in [3.05, 3.63) is 0 Å². The smallest absolute Gasteiger partial charge is 0.220 e. The van der Waals surface area contributed by atoms with Crippen LogP contribution in [0, 0.1) is 5.41 Å². The topological polar surface area (TPSA) is 55.1 Å². The molecule has 0 bridgehead atoms. The SMILES string of the molecule is NC1CCC2(CC1)CNC(=O)C2. The summed E-state index contributed by atoms with van der Waals surface area (Å²) in [4.78, 5) is 11.1. The average Bonchev–Trinajstić information content (AvgIpc) is 2.40. The molecule has 12 heavy (non-hydrogen) atoms. The van der Waals surface area contributed by atoms with Crippen LogP contribution in [-0.4, -0.2) is 18.5 Å². The molecule has 0 aromatic carbocycles. The third-order valence-electron chi connectivity index (χ3n) is 3.29. The Kier molecular flexibility index (Phi) is 1.83. The molecule has 3 N–H and O–H groups in total. The summed E-state index contributed by atoms with van der Waals surface area (Å²) in [6.45, 7) is 0.887. The Labute approximate surface area is 72.7 Å². The monoisotopic (exact) mass is 168 g/mol. The number of hydrogen-bond donors (Lipinski definition) is 2. The van der Waals surface area contributed by atoms with Crippen molar-refractivity contribution < 1.29 is 4.79 Å². The second-order valence-electron chi connectivity index (χ2n) is 4.29. The van der Waals surface area contributed by atoms with E-state index in [-0.39, 0.29) is 11.3 Å². The van der Waals surface area contributed by atoms with Crippen LogP contribution in [0.2, 0.25) is 0 Å². The Hall–Kier alpha value is -0.570. The van der Waals surface area contributed by atoms with Gasteiger partial charge in [-0.25, -0.2) is 0 Å². The minimum Gasteiger partial charge on any atom is -0.356 e. The van der Waals surface area contributed by atoms with E-state index in [0.717, 1.165) is 38.6 Å². The molecule has 1 aliphatic heterocycles. The highest BCUT2D eigenvalue weighted by Gasteiger charge is 2.40. The van der Waals surface area contributed by atoms with Gasteiger partial charge in [0.25, 0.3) is 0 Å². The van der Waals surface area contributed by atoms with Gasteiger partial charge in [-0.05, 0) is 31.1 Å². The molecule has 2 rings (SSSR count). The van der Waals surface area contributed by atoms with E-state index < -0.39 is 0 Å². The van der Waals surface area contributed by atoms with E-state index in [0.29, 0.717) is 6.04 Å². The third-order valence-corrected chi connectivity index (χ3v) is 3.29. The third kappa shape index (κ3) is 1.33. The van der Waals surface area contributed by atoms with Crippen molar-refractivity contribution in [3.63, 3.8) is 0 Å². The highest BCUT2D eigenvalue weighted by Crippen LogP contribution is 2.40. The van der Waals surface area contributed by atoms with Crippen LogP contribution in [0.3, 0.4) is 0 Å². The highest BCUT2D eigenvalue weighted by molar-refractivity contribution is 5.79. The number of nitrogens with one attached hydrogen (secondary N) is 1. The van der Waals surface area contributed by atoms with Gasteiger partial charge < -0.3 is 11.1 Å². The predicted octanol–water partition coefficient (Wildman–Crippen LogP) is 0.394. The summed E-state index contributed by atoms with van der Waals surface area (Å²) >= 11 is 0. The molecular formula is C9H16N2O. The molecule has 1 aliphatic carbocycles. The van der Waals surface area contributed by atoms with Gasteiger partial charge in [0.15, 0.2) is 0 Å². The maximum Gasteiger partial charge on any atom is 0.220 e. The van der Waals surface area contributed by atoms with Gasteiger partial charge in [-0.3, -0.25) is 4.79 Å². The number of hydrogen-bond acceptors (Lipinski definition) is 2. The lowest BCUT2D eigenvalue weighted by Gasteiger charge is -2.34. The Bertz CT molecular complexity index is 195. The molecule has 1 saturated carbocycles. The number of carbonyl (C=O) groups is 1. The summed E-state index contributed by atoms with van der Waals surface area (Å²) in [5.41, 5.74) is 6.10. The zero-order valence-corrected chi connectivity index (χ0v) is 7.31. The fraction of sp³-hybridized carbons (Fsp3) is 0.889. The van der Waals surface area contributed by atoms with Crippen LogP contribution in [-0.2, 0) is 4.79 Å². The summed E-state index contributed by atoms with van der Waals surface area (Å²) < 4.78 is 0. The van der Waals surface area contributed by atoms with Crippen LogP contribution in [0.1, 0.15) is 32.1 Å². The standard InChI is InChI=1S/C9H16N2O/c10-7-1-3-9(4-2-7)5-8(12)11-6-9/h7H,1-6,10H2,(H,11,12). The van der Waals surface area contributed by atoms with Gasteiger partial charge in [0.1, 0.15) is 0 Å². The lowest BCUT2D eigenvalue weighted by atomic mass is 9.72. The second kappa shape index (κ2) is 2.73. The lowest BCUT2D eigenvalue weighted by molar-refractivity contribution is -0.119. The highest BCUT2D eigenvalue weighted by atomic mass is 16.1. The van der Waals surface area contributed by atoms with Gasteiger partial charge in [-0.2, -0.15) is 0 Å². The number of amides is 1. The van der Waals surface area contributed by atoms with Crippen molar-refractivity contribution in [1.29, 1.82) is 0 Å². The minimum absolute atomic E-state index is 0.227. The molecule has 3 heteroatoms. The second-order valence-corrected chi connectivity index (χ2v) is 4.29. The molecule has 1 amide bonds. The van der Waals surface area contributed by atoms with Crippen LogP contribution in [0.15, 0.2) is 0 Å². The van der Waals surface area contributed by atoms with Crippen molar-refractivity contribution in [2.24, 2.45) is 11.1 Å². The van der Waals surface area contributed by atoms with Crippen molar-refractivity contribution in [1.82, 2.24) is 5.32 Å². The maximum absolute atomic E-state index is 11.1. The molecule has 68 valence electrons. The van der Waals surface area contributed by atoms with E-state index in [1.807, 2.05) is 0 Å². The largest absolute Gasteiger partial charge is 0.356 e. The van der Waals surface area contributed by atoms with Crippen molar-refractivity contribution in [2.75, 3.05) is 6.54 Å². The zero-order chi connectivity index (χ0) is 8.60. The molecule has 0 aromatic heterocycles. The number of rotatable bonds is 0. The molecule has 1 saturated heterocycles. The Morgan fingerprint density at radius 3 is 2.58 bits per heavy atom. The van der Waals surface area contributed by atoms with Gasteiger partial charge in [-0.1, -0.05) is 0 Å². The van der Waals surface area contributed by atoms with E-state index in [9.17, 15) is 4.79 Å². The Morgan fingerprint density at radius 2 is 2.08 bits per heavy atom. The van der Waals surface area contributed by atoms with Gasteiger partial charge in [0.2, 0.25) is 5.91 Å². The summed E-state index contributed by atoms with van der Waals surface area (Å²) in [5, 5.41) is 2.92. The molecule has 1 heterocycles. The van der Waals surface area contributed by atoms with Crippen LogP contribution >= 0.6 is 0 Å². The zero-order valence-electron chi connectivity index (χ0n) is 7.31. The first-order chi connectivity index (χ1) is 5.70. The lowest BCUT2D eigenvalue weighted by Crippen LogP contribution is -2.35. The molecule has 0 aromatic rings. The summed E-state index contributed by atoms with van der Waals surface area (Å²) in [5.74, 6) is 0.227. The van der Waals surface area contributed by atoms with Gasteiger partial charge >= 0.3 is 0 Å². The van der Waals surface area contributed by atoms with Crippen LogP contribution in [0.25, 0.3) is 0 Å². The molecule has 0 unspecified atom stereocenters. The fourth-order valence-corrected chi connectivity index (χ4v) is 2.36. The first-order valence-corrected chi connectivity index (χ1v) is 4.73. The Morgan fingerprint density at radius 1 is 1.42 bits per heavy atom. The number of carbonyl (C=O) groups excluding carboxylic acids is 1. The molecule has 2 aliphatic rings. The van der Waals surface area contributed by atoms with Crippen LogP contribution in [0.4, 0.5) is 0 Å². The molecule has 3 nitrogen and oxygen atoms in total. The quantitative estimate of drug-likeness (QED) is 0.550. The van der Waals surface area contributed by atoms with Gasteiger partial charge in [0.05, 0.1) is 0 Å². The first-order valence-electron chi connectivity index (χ1n) is 4.73.